The molecule has 6 nitrogen and oxygen atoms in total. The fourth-order valence-electron chi connectivity index (χ4n) is 3.28. The van der Waals surface area contributed by atoms with Crippen molar-refractivity contribution in [3.8, 4) is 0 Å². The maximum absolute atomic E-state index is 12.0. The number of ether oxygens (including phenoxy) is 4. The van der Waals surface area contributed by atoms with Crippen LogP contribution in [0.3, 0.4) is 0 Å². The molecule has 0 aromatic rings. The monoisotopic (exact) mass is 356 g/mol. The summed E-state index contributed by atoms with van der Waals surface area (Å²) < 4.78 is 22.4. The van der Waals surface area contributed by atoms with E-state index >= 15 is 0 Å². The standard InChI is InChI=1S/C19H32O6/c1-4-5-6-7-8-9-16(20)24-14-11-22-19-15(12-23-18(14)19)25-17(21)10-13(2)3/h13-15,18-19H,4-12H2,1-3H3/t14-,15+,18-,19-/m1/s1. The van der Waals surface area contributed by atoms with Crippen LogP contribution in [0.15, 0.2) is 0 Å². The van der Waals surface area contributed by atoms with Crippen LogP contribution in [-0.2, 0) is 28.5 Å². The van der Waals surface area contributed by atoms with Gasteiger partial charge in [0.15, 0.2) is 12.2 Å². The van der Waals surface area contributed by atoms with Crippen molar-refractivity contribution in [2.24, 2.45) is 5.92 Å². The van der Waals surface area contributed by atoms with Gasteiger partial charge in [0, 0.05) is 12.8 Å². The topological polar surface area (TPSA) is 71.1 Å². The first-order valence-corrected chi connectivity index (χ1v) is 9.63. The summed E-state index contributed by atoms with van der Waals surface area (Å²) in [7, 11) is 0. The highest BCUT2D eigenvalue weighted by Crippen LogP contribution is 2.31. The van der Waals surface area contributed by atoms with Crippen LogP contribution < -0.4 is 0 Å². The molecule has 0 aromatic carbocycles. The minimum Gasteiger partial charge on any atom is -0.457 e. The van der Waals surface area contributed by atoms with E-state index in [9.17, 15) is 9.59 Å². The molecule has 2 heterocycles. The van der Waals surface area contributed by atoms with Crippen molar-refractivity contribution in [1.82, 2.24) is 0 Å². The van der Waals surface area contributed by atoms with Crippen LogP contribution in [0.4, 0.5) is 0 Å². The van der Waals surface area contributed by atoms with Gasteiger partial charge in [-0.1, -0.05) is 46.5 Å². The lowest BCUT2D eigenvalue weighted by Gasteiger charge is -2.17. The quantitative estimate of drug-likeness (QED) is 0.443. The summed E-state index contributed by atoms with van der Waals surface area (Å²) in [5.41, 5.74) is 0. The predicted octanol–water partition coefficient (Wildman–Crippen LogP) is 3.01. The maximum atomic E-state index is 12.0. The lowest BCUT2D eigenvalue weighted by atomic mass is 10.1. The molecule has 0 N–H and O–H groups in total. The summed E-state index contributed by atoms with van der Waals surface area (Å²) in [6, 6.07) is 0. The molecule has 0 unspecified atom stereocenters. The molecule has 2 rings (SSSR count). The zero-order valence-corrected chi connectivity index (χ0v) is 15.7. The number of rotatable bonds is 10. The fourth-order valence-corrected chi connectivity index (χ4v) is 3.28. The van der Waals surface area contributed by atoms with Crippen molar-refractivity contribution in [2.45, 2.75) is 90.1 Å². The van der Waals surface area contributed by atoms with Gasteiger partial charge in [0.25, 0.3) is 0 Å². The molecule has 0 bridgehead atoms. The highest BCUT2D eigenvalue weighted by molar-refractivity contribution is 5.70. The Morgan fingerprint density at radius 1 is 0.920 bits per heavy atom. The van der Waals surface area contributed by atoms with Crippen LogP contribution in [0.25, 0.3) is 0 Å². The minimum absolute atomic E-state index is 0.199. The summed E-state index contributed by atoms with van der Waals surface area (Å²) >= 11 is 0. The first-order valence-electron chi connectivity index (χ1n) is 9.63. The van der Waals surface area contributed by atoms with E-state index in [0.29, 0.717) is 26.1 Å². The normalized spacial score (nSPS) is 28.2. The molecule has 2 aliphatic heterocycles. The Labute approximate surface area is 150 Å². The zero-order chi connectivity index (χ0) is 18.2. The second kappa shape index (κ2) is 10.1. The van der Waals surface area contributed by atoms with Crippen molar-refractivity contribution in [2.75, 3.05) is 13.2 Å². The van der Waals surface area contributed by atoms with Gasteiger partial charge in [-0.3, -0.25) is 9.59 Å². The van der Waals surface area contributed by atoms with E-state index in [1.165, 1.54) is 12.8 Å². The van der Waals surface area contributed by atoms with Gasteiger partial charge in [-0.15, -0.1) is 0 Å². The lowest BCUT2D eigenvalue weighted by Crippen LogP contribution is -2.36. The summed E-state index contributed by atoms with van der Waals surface area (Å²) in [4.78, 5) is 23.8. The molecule has 0 radical (unpaired) electrons. The van der Waals surface area contributed by atoms with E-state index in [1.54, 1.807) is 0 Å². The van der Waals surface area contributed by atoms with Crippen LogP contribution in [0.5, 0.6) is 0 Å². The Kier molecular flexibility index (Phi) is 8.16. The Morgan fingerprint density at radius 3 is 2.04 bits per heavy atom. The number of esters is 2. The molecule has 0 saturated carbocycles. The number of hydrogen-bond acceptors (Lipinski definition) is 6. The van der Waals surface area contributed by atoms with E-state index in [-0.39, 0.29) is 30.1 Å². The van der Waals surface area contributed by atoms with Crippen LogP contribution in [-0.4, -0.2) is 49.6 Å². The molecule has 2 aliphatic rings. The molecule has 2 fully saturated rings. The first-order chi connectivity index (χ1) is 12.0. The van der Waals surface area contributed by atoms with Gasteiger partial charge < -0.3 is 18.9 Å². The van der Waals surface area contributed by atoms with Gasteiger partial charge in [-0.05, 0) is 12.3 Å². The van der Waals surface area contributed by atoms with Gasteiger partial charge in [0.2, 0.25) is 0 Å². The minimum atomic E-state index is -0.408. The molecule has 25 heavy (non-hydrogen) atoms. The smallest absolute Gasteiger partial charge is 0.306 e. The maximum Gasteiger partial charge on any atom is 0.306 e. The summed E-state index contributed by atoms with van der Waals surface area (Å²) in [6.45, 7) is 6.71. The number of hydrogen-bond donors (Lipinski definition) is 0. The van der Waals surface area contributed by atoms with E-state index in [0.717, 1.165) is 19.3 Å². The molecule has 0 aromatic heterocycles. The van der Waals surface area contributed by atoms with Crippen LogP contribution >= 0.6 is 0 Å². The molecule has 0 amide bonds. The third kappa shape index (κ3) is 6.26. The average molecular weight is 356 g/mol. The average Bonchev–Trinajstić information content (AvgIpc) is 3.10. The van der Waals surface area contributed by atoms with Crippen LogP contribution in [0, 0.1) is 5.92 Å². The highest BCUT2D eigenvalue weighted by atomic mass is 16.7. The van der Waals surface area contributed by atoms with E-state index in [2.05, 4.69) is 6.92 Å². The Morgan fingerprint density at radius 2 is 1.48 bits per heavy atom. The fraction of sp³-hybridized carbons (Fsp3) is 0.895. The predicted molar refractivity (Wildman–Crippen MR) is 92.1 cm³/mol. The van der Waals surface area contributed by atoms with Crippen molar-refractivity contribution in [3.05, 3.63) is 0 Å². The summed E-state index contributed by atoms with van der Waals surface area (Å²) in [5.74, 6) is -0.184. The second-order valence-electron chi connectivity index (χ2n) is 7.41. The molecule has 4 atom stereocenters. The van der Waals surface area contributed by atoms with Crippen LogP contribution in [0.2, 0.25) is 0 Å². The third-order valence-electron chi connectivity index (χ3n) is 4.59. The van der Waals surface area contributed by atoms with E-state index in [1.807, 2.05) is 13.8 Å². The van der Waals surface area contributed by atoms with Crippen molar-refractivity contribution < 1.29 is 28.5 Å². The third-order valence-corrected chi connectivity index (χ3v) is 4.59. The van der Waals surface area contributed by atoms with Gasteiger partial charge in [-0.2, -0.15) is 0 Å². The molecule has 2 saturated heterocycles. The largest absolute Gasteiger partial charge is 0.457 e. The molecule has 0 spiro atoms. The number of carbonyl (C=O) groups excluding carboxylic acids is 2. The zero-order valence-electron chi connectivity index (χ0n) is 15.7. The van der Waals surface area contributed by atoms with Gasteiger partial charge in [0.1, 0.15) is 12.2 Å². The van der Waals surface area contributed by atoms with Crippen molar-refractivity contribution in [3.63, 3.8) is 0 Å². The molecular weight excluding hydrogens is 324 g/mol. The number of carbonyl (C=O) groups is 2. The van der Waals surface area contributed by atoms with Crippen LogP contribution in [0.1, 0.15) is 65.7 Å². The Hall–Kier alpha value is -1.14. The highest BCUT2D eigenvalue weighted by Gasteiger charge is 2.51. The summed E-state index contributed by atoms with van der Waals surface area (Å²) in [5, 5.41) is 0. The second-order valence-corrected chi connectivity index (χ2v) is 7.41. The molecular formula is C19H32O6. The SMILES string of the molecule is CCCCCCCC(=O)O[C@@H]1CO[C@H]2[C@@H]1OC[C@@H]2OC(=O)CC(C)C. The number of unbranched alkanes of at least 4 members (excludes halogenated alkanes) is 4. The van der Waals surface area contributed by atoms with Gasteiger partial charge >= 0.3 is 11.9 Å². The molecule has 6 heteroatoms. The Bertz CT molecular complexity index is 436. The molecule has 144 valence electrons. The van der Waals surface area contributed by atoms with Gasteiger partial charge in [-0.25, -0.2) is 0 Å². The molecule has 0 aliphatic carbocycles. The first kappa shape index (κ1) is 20.2. The van der Waals surface area contributed by atoms with Crippen molar-refractivity contribution >= 4 is 11.9 Å². The number of fused-ring (bicyclic) bond motifs is 1. The van der Waals surface area contributed by atoms with Gasteiger partial charge in [0.05, 0.1) is 13.2 Å². The van der Waals surface area contributed by atoms with Crippen molar-refractivity contribution in [1.29, 1.82) is 0 Å². The summed E-state index contributed by atoms with van der Waals surface area (Å²) in [6.07, 6.45) is 4.81. The Balaban J connectivity index is 1.70. The van der Waals surface area contributed by atoms with E-state index < -0.39 is 12.2 Å². The van der Waals surface area contributed by atoms with E-state index in [4.69, 9.17) is 18.9 Å². The lowest BCUT2D eigenvalue weighted by molar-refractivity contribution is -0.155.